The van der Waals surface area contributed by atoms with E-state index in [2.05, 4.69) is 22.0 Å². The van der Waals surface area contributed by atoms with E-state index in [0.29, 0.717) is 15.1 Å². The Morgan fingerprint density at radius 3 is 2.66 bits per heavy atom. The normalized spacial score (nSPS) is 14.9. The van der Waals surface area contributed by atoms with E-state index in [1.807, 2.05) is 12.1 Å². The van der Waals surface area contributed by atoms with Crippen molar-refractivity contribution in [2.24, 2.45) is 0 Å². The molecule has 5 rings (SSSR count). The third-order valence-corrected chi connectivity index (χ3v) is 6.68. The molecule has 0 aliphatic carbocycles. The molecule has 7 nitrogen and oxygen atoms in total. The Kier molecular flexibility index (Phi) is 5.50. The van der Waals surface area contributed by atoms with Crippen molar-refractivity contribution in [3.05, 3.63) is 68.1 Å². The Balaban J connectivity index is 1.46. The van der Waals surface area contributed by atoms with Crippen molar-refractivity contribution in [2.75, 3.05) is 38.3 Å². The maximum Gasteiger partial charge on any atom is 0.274 e. The van der Waals surface area contributed by atoms with Crippen LogP contribution in [0.4, 0.5) is 5.69 Å². The van der Waals surface area contributed by atoms with E-state index in [1.165, 1.54) is 18.4 Å². The third kappa shape index (κ3) is 3.81. The van der Waals surface area contributed by atoms with Crippen LogP contribution in [0, 0.1) is 0 Å². The van der Waals surface area contributed by atoms with Gasteiger partial charge in [-0.25, -0.2) is 4.98 Å². The minimum atomic E-state index is -0.156. The molecule has 0 amide bonds. The number of phenolic OH excluding ortho intramolecular Hbond substituents is 1. The lowest BCUT2D eigenvalue weighted by Gasteiger charge is -2.28. The molecule has 1 saturated heterocycles. The van der Waals surface area contributed by atoms with Crippen LogP contribution in [0.25, 0.3) is 22.3 Å². The average molecular weight is 470 g/mol. The van der Waals surface area contributed by atoms with Crippen LogP contribution in [0.5, 0.6) is 11.5 Å². The van der Waals surface area contributed by atoms with Gasteiger partial charge in [0, 0.05) is 30.5 Å². The van der Waals surface area contributed by atoms with Gasteiger partial charge in [0.25, 0.3) is 5.56 Å². The number of hydrogen-bond acceptors (Lipinski definition) is 7. The van der Waals surface area contributed by atoms with Gasteiger partial charge in [0.15, 0.2) is 16.5 Å². The van der Waals surface area contributed by atoms with Gasteiger partial charge in [-0.15, -0.1) is 0 Å². The lowest BCUT2D eigenvalue weighted by molar-refractivity contribution is 0.122. The summed E-state index contributed by atoms with van der Waals surface area (Å²) in [6, 6.07) is 11.4. The van der Waals surface area contributed by atoms with Gasteiger partial charge < -0.3 is 19.5 Å². The molecule has 2 aromatic heterocycles. The van der Waals surface area contributed by atoms with Crippen molar-refractivity contribution < 1.29 is 14.6 Å². The zero-order valence-electron chi connectivity index (χ0n) is 17.2. The number of ether oxygens (including phenoxy) is 2. The number of methoxy groups -OCH3 is 1. The van der Waals surface area contributed by atoms with Gasteiger partial charge in [0.2, 0.25) is 0 Å². The zero-order valence-corrected chi connectivity index (χ0v) is 18.8. The van der Waals surface area contributed by atoms with E-state index in [4.69, 9.17) is 21.1 Å². The predicted octanol–water partition coefficient (Wildman–Crippen LogP) is 3.17. The molecule has 0 bridgehead atoms. The fourth-order valence-corrected chi connectivity index (χ4v) is 4.89. The molecule has 0 atom stereocenters. The third-order valence-electron chi connectivity index (χ3n) is 5.41. The monoisotopic (exact) mass is 469 g/mol. The molecule has 9 heteroatoms. The van der Waals surface area contributed by atoms with Gasteiger partial charge in [-0.1, -0.05) is 35.1 Å². The van der Waals surface area contributed by atoms with Crippen LogP contribution in [0.1, 0.15) is 5.56 Å². The van der Waals surface area contributed by atoms with Crippen molar-refractivity contribution in [1.29, 1.82) is 0 Å². The van der Waals surface area contributed by atoms with Crippen molar-refractivity contribution in [3.8, 4) is 22.8 Å². The first-order chi connectivity index (χ1) is 15.5. The molecule has 2 aromatic carbocycles. The fourth-order valence-electron chi connectivity index (χ4n) is 3.72. The van der Waals surface area contributed by atoms with Crippen molar-refractivity contribution in [2.45, 2.75) is 0 Å². The number of imidazole rings is 1. The Morgan fingerprint density at radius 1 is 1.22 bits per heavy atom. The highest BCUT2D eigenvalue weighted by molar-refractivity contribution is 7.15. The summed E-state index contributed by atoms with van der Waals surface area (Å²) in [6.45, 7) is 3.26. The molecule has 0 radical (unpaired) electrons. The van der Waals surface area contributed by atoms with Gasteiger partial charge in [0.05, 0.1) is 35.6 Å². The zero-order chi connectivity index (χ0) is 22.2. The number of nitrogens with zero attached hydrogens (tertiary/aromatic N) is 3. The van der Waals surface area contributed by atoms with Crippen molar-refractivity contribution in [3.63, 3.8) is 0 Å². The smallest absolute Gasteiger partial charge is 0.274 e. The number of fused-ring (bicyclic) bond motifs is 1. The largest absolute Gasteiger partial charge is 0.503 e. The maximum absolute atomic E-state index is 12.9. The van der Waals surface area contributed by atoms with Crippen LogP contribution in [-0.4, -0.2) is 47.9 Å². The van der Waals surface area contributed by atoms with E-state index in [0.717, 1.165) is 43.2 Å². The first-order valence-corrected chi connectivity index (χ1v) is 11.3. The molecular formula is C23H20ClN3O4S. The molecule has 0 unspecified atom stereocenters. The molecule has 1 N–H and O–H groups in total. The van der Waals surface area contributed by atoms with Gasteiger partial charge in [0.1, 0.15) is 0 Å². The first-order valence-electron chi connectivity index (χ1n) is 10.1. The van der Waals surface area contributed by atoms with E-state index >= 15 is 0 Å². The highest BCUT2D eigenvalue weighted by Crippen LogP contribution is 2.35. The first kappa shape index (κ1) is 20.8. The predicted molar refractivity (Wildman–Crippen MR) is 126 cm³/mol. The molecule has 4 aromatic rings. The molecule has 32 heavy (non-hydrogen) atoms. The summed E-state index contributed by atoms with van der Waals surface area (Å²) < 4.78 is 12.6. The molecule has 164 valence electrons. The lowest BCUT2D eigenvalue weighted by atomic mass is 10.1. The summed E-state index contributed by atoms with van der Waals surface area (Å²) in [5, 5.41) is 10.1. The molecule has 1 fully saturated rings. The number of anilines is 1. The molecule has 1 aliphatic rings. The van der Waals surface area contributed by atoms with Gasteiger partial charge in [-0.05, 0) is 35.9 Å². The summed E-state index contributed by atoms with van der Waals surface area (Å²) in [5.41, 5.74) is 3.37. The number of hydrogen-bond donors (Lipinski definition) is 1. The van der Waals surface area contributed by atoms with Gasteiger partial charge in [-0.3, -0.25) is 9.20 Å². The SMILES string of the molecule is COc1cc(C=c2sc3nc(-c4ccc(N5CCOCC5)cc4)cn3c2=O)cc(Cl)c1O. The quantitative estimate of drug-likeness (QED) is 0.494. The van der Waals surface area contributed by atoms with E-state index in [-0.39, 0.29) is 22.1 Å². The van der Waals surface area contributed by atoms with Crippen LogP contribution in [0.15, 0.2) is 47.4 Å². The number of morpholine rings is 1. The lowest BCUT2D eigenvalue weighted by Crippen LogP contribution is -2.36. The number of thiazole rings is 1. The van der Waals surface area contributed by atoms with Crippen LogP contribution in [0.2, 0.25) is 5.02 Å². The molecule has 3 heterocycles. The second-order valence-corrected chi connectivity index (χ2v) is 8.81. The van der Waals surface area contributed by atoms with Gasteiger partial charge >= 0.3 is 0 Å². The van der Waals surface area contributed by atoms with E-state index in [1.54, 1.807) is 28.8 Å². The average Bonchev–Trinajstić information content (AvgIpc) is 3.36. The number of benzene rings is 2. The van der Waals surface area contributed by atoms with Crippen molar-refractivity contribution >= 4 is 39.7 Å². The number of aromatic nitrogens is 2. The standard InChI is InChI=1S/C23H20ClN3O4S/c1-30-19-11-14(10-17(24)21(19)28)12-20-22(29)27-13-18(25-23(27)32-20)15-2-4-16(5-3-15)26-6-8-31-9-7-26/h2-5,10-13,28H,6-9H2,1H3. The van der Waals surface area contributed by atoms with Crippen LogP contribution in [0.3, 0.4) is 0 Å². The Hall–Kier alpha value is -3.07. The second kappa shape index (κ2) is 8.46. The van der Waals surface area contributed by atoms with Crippen LogP contribution >= 0.6 is 22.9 Å². The summed E-state index contributed by atoms with van der Waals surface area (Å²) in [6.07, 6.45) is 3.48. The Bertz CT molecular complexity index is 1390. The van der Waals surface area contributed by atoms with Crippen LogP contribution in [-0.2, 0) is 4.74 Å². The molecule has 1 aliphatic heterocycles. The Labute approximate surface area is 192 Å². The van der Waals surface area contributed by atoms with E-state index < -0.39 is 0 Å². The minimum absolute atomic E-state index is 0.126. The van der Waals surface area contributed by atoms with E-state index in [9.17, 15) is 9.90 Å². The van der Waals surface area contributed by atoms with Gasteiger partial charge in [-0.2, -0.15) is 0 Å². The summed E-state index contributed by atoms with van der Waals surface area (Å²) in [7, 11) is 1.45. The maximum atomic E-state index is 12.9. The number of halogens is 1. The fraction of sp³-hybridized carbons (Fsp3) is 0.217. The van der Waals surface area contributed by atoms with Crippen LogP contribution < -0.4 is 19.7 Å². The summed E-state index contributed by atoms with van der Waals surface area (Å²) in [5.74, 6) is 0.124. The highest BCUT2D eigenvalue weighted by Gasteiger charge is 2.14. The Morgan fingerprint density at radius 2 is 1.97 bits per heavy atom. The summed E-state index contributed by atoms with van der Waals surface area (Å²) in [4.78, 5) is 20.5. The number of rotatable bonds is 4. The molecule has 0 spiro atoms. The summed E-state index contributed by atoms with van der Waals surface area (Å²) >= 11 is 7.36. The minimum Gasteiger partial charge on any atom is -0.503 e. The number of aromatic hydroxyl groups is 1. The number of phenols is 1. The van der Waals surface area contributed by atoms with Crippen molar-refractivity contribution in [1.82, 2.24) is 9.38 Å². The molecular weight excluding hydrogens is 450 g/mol. The topological polar surface area (TPSA) is 76.3 Å². The molecule has 0 saturated carbocycles. The highest BCUT2D eigenvalue weighted by atomic mass is 35.5. The second-order valence-electron chi connectivity index (χ2n) is 7.39.